The summed E-state index contributed by atoms with van der Waals surface area (Å²) in [7, 11) is 0. The van der Waals surface area contributed by atoms with E-state index >= 15 is 0 Å². The fraction of sp³-hybridized carbons (Fsp3) is 0.462. The second-order valence-electron chi connectivity index (χ2n) is 4.87. The topological polar surface area (TPSA) is 58.9 Å². The molecule has 1 saturated heterocycles. The molecule has 1 aliphatic rings. The highest BCUT2D eigenvalue weighted by atomic mass is 35.5. The molecule has 0 unspecified atom stereocenters. The molecular weight excluding hydrogens is 276 g/mol. The lowest BCUT2D eigenvalue weighted by atomic mass is 10.2. The Labute approximate surface area is 124 Å². The number of rotatable bonds is 3. The number of aromatic nitrogens is 4. The summed E-state index contributed by atoms with van der Waals surface area (Å²) in [5.74, 6) is 0.889. The maximum Gasteiger partial charge on any atom is 0.170 e. The SMILES string of the molecule is C[C@@H]1CNCCN1Cc1nnnn1-c1ccccc1.Cl. The first kappa shape index (κ1) is 14.9. The van der Waals surface area contributed by atoms with Gasteiger partial charge in [0.15, 0.2) is 5.82 Å². The average molecular weight is 295 g/mol. The molecule has 2 aromatic rings. The predicted octanol–water partition coefficient (Wildman–Crippen LogP) is 0.878. The van der Waals surface area contributed by atoms with Gasteiger partial charge >= 0.3 is 0 Å². The number of halogens is 1. The second-order valence-corrected chi connectivity index (χ2v) is 4.87. The van der Waals surface area contributed by atoms with Crippen LogP contribution in [0.3, 0.4) is 0 Å². The Hall–Kier alpha value is -1.50. The van der Waals surface area contributed by atoms with Crippen LogP contribution in [0.25, 0.3) is 5.69 Å². The Morgan fingerprint density at radius 3 is 2.85 bits per heavy atom. The maximum atomic E-state index is 4.16. The van der Waals surface area contributed by atoms with Crippen molar-refractivity contribution in [2.75, 3.05) is 19.6 Å². The smallest absolute Gasteiger partial charge is 0.170 e. The summed E-state index contributed by atoms with van der Waals surface area (Å²) < 4.78 is 1.81. The van der Waals surface area contributed by atoms with Gasteiger partial charge in [0.25, 0.3) is 0 Å². The third kappa shape index (κ3) is 3.15. The van der Waals surface area contributed by atoms with Gasteiger partial charge in [0.05, 0.1) is 12.2 Å². The second kappa shape index (κ2) is 6.78. The zero-order valence-corrected chi connectivity index (χ0v) is 12.3. The molecule has 20 heavy (non-hydrogen) atoms. The van der Waals surface area contributed by atoms with Crippen LogP contribution < -0.4 is 5.32 Å². The summed E-state index contributed by atoms with van der Waals surface area (Å²) in [6.45, 7) is 6.08. The van der Waals surface area contributed by atoms with E-state index in [1.165, 1.54) is 0 Å². The Kier molecular flexibility index (Phi) is 5.05. The molecule has 3 rings (SSSR count). The highest BCUT2D eigenvalue weighted by Crippen LogP contribution is 2.11. The molecule has 6 nitrogen and oxygen atoms in total. The van der Waals surface area contributed by atoms with Crippen LogP contribution >= 0.6 is 12.4 Å². The Morgan fingerprint density at radius 2 is 2.10 bits per heavy atom. The van der Waals surface area contributed by atoms with E-state index in [1.54, 1.807) is 0 Å². The summed E-state index contributed by atoms with van der Waals surface area (Å²) in [6.07, 6.45) is 0. The molecule has 2 heterocycles. The molecular formula is C13H19ClN6. The quantitative estimate of drug-likeness (QED) is 0.910. The van der Waals surface area contributed by atoms with Crippen LogP contribution in [0.2, 0.25) is 0 Å². The van der Waals surface area contributed by atoms with Gasteiger partial charge in [-0.3, -0.25) is 4.90 Å². The van der Waals surface area contributed by atoms with Crippen molar-refractivity contribution in [2.24, 2.45) is 0 Å². The molecule has 0 bridgehead atoms. The van der Waals surface area contributed by atoms with Gasteiger partial charge in [-0.15, -0.1) is 17.5 Å². The first-order valence-electron chi connectivity index (χ1n) is 6.62. The minimum atomic E-state index is 0. The molecule has 0 aliphatic carbocycles. The van der Waals surface area contributed by atoms with Crippen LogP contribution in [0.4, 0.5) is 0 Å². The molecule has 1 aliphatic heterocycles. The number of nitrogens with one attached hydrogen (secondary N) is 1. The molecule has 0 radical (unpaired) electrons. The zero-order chi connectivity index (χ0) is 13.1. The fourth-order valence-electron chi connectivity index (χ4n) is 2.37. The molecule has 0 amide bonds. The first-order valence-corrected chi connectivity index (χ1v) is 6.62. The van der Waals surface area contributed by atoms with E-state index in [2.05, 4.69) is 32.7 Å². The molecule has 108 valence electrons. The Bertz CT molecular complexity index is 529. The monoisotopic (exact) mass is 294 g/mol. The van der Waals surface area contributed by atoms with E-state index in [4.69, 9.17) is 0 Å². The van der Waals surface area contributed by atoms with Crippen LogP contribution in [0.1, 0.15) is 12.7 Å². The van der Waals surface area contributed by atoms with Gasteiger partial charge < -0.3 is 5.32 Å². The van der Waals surface area contributed by atoms with Gasteiger partial charge in [-0.25, -0.2) is 0 Å². The molecule has 0 saturated carbocycles. The van der Waals surface area contributed by atoms with E-state index in [9.17, 15) is 0 Å². The van der Waals surface area contributed by atoms with E-state index in [0.717, 1.165) is 37.7 Å². The number of benzene rings is 1. The molecule has 0 spiro atoms. The van der Waals surface area contributed by atoms with Gasteiger partial charge in [-0.2, -0.15) is 4.68 Å². The predicted molar refractivity (Wildman–Crippen MR) is 79.1 cm³/mol. The van der Waals surface area contributed by atoms with Crippen molar-refractivity contribution in [1.29, 1.82) is 0 Å². The summed E-state index contributed by atoms with van der Waals surface area (Å²) in [6, 6.07) is 10.5. The lowest BCUT2D eigenvalue weighted by Gasteiger charge is -2.33. The van der Waals surface area contributed by atoms with Crippen molar-refractivity contribution in [2.45, 2.75) is 19.5 Å². The largest absolute Gasteiger partial charge is 0.314 e. The third-order valence-corrected chi connectivity index (χ3v) is 3.52. The number of piperazine rings is 1. The number of hydrogen-bond donors (Lipinski definition) is 1. The fourth-order valence-corrected chi connectivity index (χ4v) is 2.37. The normalized spacial score (nSPS) is 19.6. The van der Waals surface area contributed by atoms with Crippen LogP contribution in [0.5, 0.6) is 0 Å². The van der Waals surface area contributed by atoms with E-state index in [0.29, 0.717) is 6.04 Å². The van der Waals surface area contributed by atoms with Gasteiger partial charge in [0.2, 0.25) is 0 Å². The highest BCUT2D eigenvalue weighted by Gasteiger charge is 2.20. The van der Waals surface area contributed by atoms with Crippen molar-refractivity contribution in [3.05, 3.63) is 36.2 Å². The molecule has 1 aromatic heterocycles. The van der Waals surface area contributed by atoms with Crippen LogP contribution in [-0.4, -0.2) is 50.8 Å². The molecule has 1 N–H and O–H groups in total. The van der Waals surface area contributed by atoms with Crippen LogP contribution in [0.15, 0.2) is 30.3 Å². The number of para-hydroxylation sites is 1. The molecule has 1 atom stereocenters. The first-order chi connectivity index (χ1) is 9.34. The number of tetrazole rings is 1. The van der Waals surface area contributed by atoms with Gasteiger partial charge in [-0.05, 0) is 29.5 Å². The van der Waals surface area contributed by atoms with Crippen molar-refractivity contribution >= 4 is 12.4 Å². The minimum Gasteiger partial charge on any atom is -0.314 e. The van der Waals surface area contributed by atoms with Gasteiger partial charge in [-0.1, -0.05) is 18.2 Å². The average Bonchev–Trinajstić information content (AvgIpc) is 2.91. The van der Waals surface area contributed by atoms with Crippen LogP contribution in [0, 0.1) is 0 Å². The minimum absolute atomic E-state index is 0. The van der Waals surface area contributed by atoms with Crippen molar-refractivity contribution in [3.8, 4) is 5.69 Å². The van der Waals surface area contributed by atoms with Gasteiger partial charge in [0, 0.05) is 25.7 Å². The Morgan fingerprint density at radius 1 is 1.30 bits per heavy atom. The highest BCUT2D eigenvalue weighted by molar-refractivity contribution is 5.85. The zero-order valence-electron chi connectivity index (χ0n) is 11.4. The summed E-state index contributed by atoms with van der Waals surface area (Å²) in [5.41, 5.74) is 1.00. The van der Waals surface area contributed by atoms with Crippen molar-refractivity contribution < 1.29 is 0 Å². The Balaban J connectivity index is 0.00000147. The van der Waals surface area contributed by atoms with Crippen molar-refractivity contribution in [1.82, 2.24) is 30.4 Å². The summed E-state index contributed by atoms with van der Waals surface area (Å²) in [4.78, 5) is 2.40. The van der Waals surface area contributed by atoms with E-state index in [-0.39, 0.29) is 12.4 Å². The van der Waals surface area contributed by atoms with Crippen LogP contribution in [-0.2, 0) is 6.54 Å². The molecule has 7 heteroatoms. The lowest BCUT2D eigenvalue weighted by molar-refractivity contribution is 0.160. The number of hydrogen-bond acceptors (Lipinski definition) is 5. The number of nitrogens with zero attached hydrogens (tertiary/aromatic N) is 5. The third-order valence-electron chi connectivity index (χ3n) is 3.52. The molecule has 1 aromatic carbocycles. The summed E-state index contributed by atoms with van der Waals surface area (Å²) >= 11 is 0. The lowest BCUT2D eigenvalue weighted by Crippen LogP contribution is -2.49. The van der Waals surface area contributed by atoms with E-state index < -0.39 is 0 Å². The summed E-state index contributed by atoms with van der Waals surface area (Å²) in [5, 5.41) is 15.5. The van der Waals surface area contributed by atoms with Gasteiger partial charge in [0.1, 0.15) is 0 Å². The van der Waals surface area contributed by atoms with E-state index in [1.807, 2.05) is 35.0 Å². The molecule has 1 fully saturated rings. The van der Waals surface area contributed by atoms with Crippen molar-refractivity contribution in [3.63, 3.8) is 0 Å². The maximum absolute atomic E-state index is 4.16. The standard InChI is InChI=1S/C13H18N6.ClH/c1-11-9-14-7-8-18(11)10-13-15-16-17-19(13)12-5-3-2-4-6-12;/h2-6,11,14H,7-10H2,1H3;1H/t11-;/m1./s1.